The quantitative estimate of drug-likeness (QED) is 0.0285. The molecule has 2 unspecified atom stereocenters. The number of aliphatic carboxylic acids is 1. The number of unbranched alkanes of at least 4 members (excludes halogenated alkanes) is 26. The second-order valence-electron chi connectivity index (χ2n) is 17.0. The fourth-order valence-electron chi connectivity index (χ4n) is 7.05. The summed E-state index contributed by atoms with van der Waals surface area (Å²) in [5.74, 6) is -1.52. The molecule has 0 radical (unpaired) electrons. The van der Waals surface area contributed by atoms with Gasteiger partial charge in [0.1, 0.15) is 6.61 Å². The molecule has 1 N–H and O–H groups in total. The lowest BCUT2D eigenvalue weighted by Crippen LogP contribution is -2.50. The van der Waals surface area contributed by atoms with Gasteiger partial charge in [-0.15, -0.1) is 0 Å². The topological polar surface area (TPSA) is 99.1 Å². The number of carboxylic acids is 1. The molecular weight excluding hydrogens is 691 g/mol. The lowest BCUT2D eigenvalue weighted by molar-refractivity contribution is -0.887. The van der Waals surface area contributed by atoms with Crippen LogP contribution in [0.3, 0.4) is 0 Å². The molecule has 0 aromatic heterocycles. The summed E-state index contributed by atoms with van der Waals surface area (Å²) in [4.78, 5) is 36.8. The number of carbonyl (C=O) groups excluding carboxylic acids is 2. The molecule has 0 fully saturated rings. The molecule has 55 heavy (non-hydrogen) atoms. The van der Waals surface area contributed by atoms with Crippen molar-refractivity contribution in [2.75, 3.05) is 41.0 Å². The van der Waals surface area contributed by atoms with Crippen molar-refractivity contribution in [1.82, 2.24) is 0 Å². The molecule has 0 spiro atoms. The predicted octanol–water partition coefficient (Wildman–Crippen LogP) is 12.7. The number of likely N-dealkylation sites (N-methyl/N-ethyl adjacent to an activating group) is 1. The molecule has 0 aliphatic carbocycles. The summed E-state index contributed by atoms with van der Waals surface area (Å²) in [6.45, 7) is 4.68. The molecule has 0 saturated carbocycles. The first-order valence-electron chi connectivity index (χ1n) is 23.2. The smallest absolute Gasteiger partial charge is 0.362 e. The average molecular weight is 781 g/mol. The van der Waals surface area contributed by atoms with Crippen LogP contribution in [0.5, 0.6) is 0 Å². The van der Waals surface area contributed by atoms with Crippen molar-refractivity contribution in [3.8, 4) is 0 Å². The van der Waals surface area contributed by atoms with Crippen LogP contribution in [0.4, 0.5) is 0 Å². The number of nitrogens with zero attached hydrogens (tertiary/aromatic N) is 1. The number of carbonyl (C=O) groups is 3. The maximum atomic E-state index is 12.7. The summed E-state index contributed by atoms with van der Waals surface area (Å²) in [5, 5.41) is 9.60. The van der Waals surface area contributed by atoms with Gasteiger partial charge in [0.25, 0.3) is 0 Å². The van der Waals surface area contributed by atoms with Crippen molar-refractivity contribution < 1.29 is 38.2 Å². The van der Waals surface area contributed by atoms with Gasteiger partial charge >= 0.3 is 17.9 Å². The summed E-state index contributed by atoms with van der Waals surface area (Å²) >= 11 is 0. The standard InChI is InChI=1S/C47H89NO7/c1-6-8-10-12-14-16-17-18-19-20-21-22-23-24-25-26-27-28-29-30-32-34-36-38-46(50)55-43(41-53-40-39-44(47(51)52)48(3,4)5)42-54-45(49)37-35-33-31-15-13-11-9-7-2/h31,33,43-44H,6-30,32,34-42H2,1-5H3/p+1/b33-31+. The number of quaternary nitrogens is 1. The minimum Gasteiger partial charge on any atom is -0.477 e. The summed E-state index contributed by atoms with van der Waals surface area (Å²) in [5.41, 5.74) is 0. The first-order chi connectivity index (χ1) is 26.6. The molecule has 0 saturated heterocycles. The molecule has 8 heteroatoms. The second kappa shape index (κ2) is 38.9. The zero-order valence-electron chi connectivity index (χ0n) is 36.9. The maximum absolute atomic E-state index is 12.7. The highest BCUT2D eigenvalue weighted by Gasteiger charge is 2.31. The molecule has 0 aromatic rings. The van der Waals surface area contributed by atoms with Crippen LogP contribution >= 0.6 is 0 Å². The van der Waals surface area contributed by atoms with Gasteiger partial charge in [0.05, 0.1) is 34.4 Å². The van der Waals surface area contributed by atoms with E-state index in [4.69, 9.17) is 14.2 Å². The van der Waals surface area contributed by atoms with E-state index >= 15 is 0 Å². The largest absolute Gasteiger partial charge is 0.477 e. The Labute approximate surface area is 339 Å². The van der Waals surface area contributed by atoms with Gasteiger partial charge in [-0.3, -0.25) is 9.59 Å². The highest BCUT2D eigenvalue weighted by Crippen LogP contribution is 2.16. The fourth-order valence-corrected chi connectivity index (χ4v) is 7.05. The average Bonchev–Trinajstić information content (AvgIpc) is 3.14. The number of esters is 2. The minimum absolute atomic E-state index is 0.0551. The van der Waals surface area contributed by atoms with Gasteiger partial charge < -0.3 is 23.8 Å². The van der Waals surface area contributed by atoms with Crippen LogP contribution in [0.15, 0.2) is 12.2 Å². The number of carboxylic acid groups (broad SMARTS) is 1. The summed E-state index contributed by atoms with van der Waals surface area (Å²) < 4.78 is 17.2. The Morgan fingerprint density at radius 2 is 0.945 bits per heavy atom. The monoisotopic (exact) mass is 781 g/mol. The fraction of sp³-hybridized carbons (Fsp3) is 0.894. The zero-order valence-corrected chi connectivity index (χ0v) is 36.9. The Morgan fingerprint density at radius 3 is 1.38 bits per heavy atom. The maximum Gasteiger partial charge on any atom is 0.362 e. The van der Waals surface area contributed by atoms with Gasteiger partial charge in [-0.2, -0.15) is 0 Å². The van der Waals surface area contributed by atoms with Crippen molar-refractivity contribution in [1.29, 1.82) is 0 Å². The lowest BCUT2D eigenvalue weighted by atomic mass is 10.0. The van der Waals surface area contributed by atoms with Gasteiger partial charge in [-0.25, -0.2) is 4.79 Å². The van der Waals surface area contributed by atoms with Crippen LogP contribution in [-0.4, -0.2) is 80.6 Å². The molecule has 324 valence electrons. The van der Waals surface area contributed by atoms with Crippen LogP contribution in [0.2, 0.25) is 0 Å². The number of hydrogen-bond donors (Lipinski definition) is 1. The first-order valence-corrected chi connectivity index (χ1v) is 23.2. The van der Waals surface area contributed by atoms with Crippen LogP contribution in [0.25, 0.3) is 0 Å². The molecule has 8 nitrogen and oxygen atoms in total. The Kier molecular flexibility index (Phi) is 37.6. The molecule has 0 amide bonds. The van der Waals surface area contributed by atoms with Gasteiger partial charge in [-0.1, -0.05) is 187 Å². The summed E-state index contributed by atoms with van der Waals surface area (Å²) in [7, 11) is 5.52. The molecule has 2 atom stereocenters. The van der Waals surface area contributed by atoms with Gasteiger partial charge in [0, 0.05) is 19.3 Å². The Morgan fingerprint density at radius 1 is 0.527 bits per heavy atom. The van der Waals surface area contributed by atoms with Crippen molar-refractivity contribution >= 4 is 17.9 Å². The number of ether oxygens (including phenoxy) is 3. The lowest BCUT2D eigenvalue weighted by Gasteiger charge is -2.31. The van der Waals surface area contributed by atoms with Crippen molar-refractivity contribution in [3.05, 3.63) is 12.2 Å². The molecule has 0 aromatic carbocycles. The summed E-state index contributed by atoms with van der Waals surface area (Å²) in [6.07, 6.45) is 41.5. The third-order valence-electron chi connectivity index (χ3n) is 10.7. The van der Waals surface area contributed by atoms with Gasteiger partial charge in [0.2, 0.25) is 0 Å². The van der Waals surface area contributed by atoms with Crippen molar-refractivity contribution in [2.24, 2.45) is 0 Å². The molecule has 0 aliphatic rings. The predicted molar refractivity (Wildman–Crippen MR) is 229 cm³/mol. The van der Waals surface area contributed by atoms with E-state index < -0.39 is 18.1 Å². The van der Waals surface area contributed by atoms with Gasteiger partial charge in [0.15, 0.2) is 12.1 Å². The van der Waals surface area contributed by atoms with Crippen LogP contribution in [0, 0.1) is 0 Å². The Balaban J connectivity index is 4.11. The van der Waals surface area contributed by atoms with Crippen molar-refractivity contribution in [3.63, 3.8) is 0 Å². The van der Waals surface area contributed by atoms with Crippen LogP contribution in [-0.2, 0) is 28.6 Å². The molecular formula is C47H90NO7+. The van der Waals surface area contributed by atoms with E-state index in [0.29, 0.717) is 19.3 Å². The molecule has 0 bridgehead atoms. The summed E-state index contributed by atoms with van der Waals surface area (Å²) in [6, 6.07) is -0.614. The molecule has 0 aliphatic heterocycles. The van der Waals surface area contributed by atoms with E-state index in [1.165, 1.54) is 154 Å². The number of rotatable bonds is 42. The molecule has 0 rings (SSSR count). The third-order valence-corrected chi connectivity index (χ3v) is 10.7. The van der Waals surface area contributed by atoms with Crippen LogP contribution < -0.4 is 0 Å². The van der Waals surface area contributed by atoms with E-state index in [2.05, 4.69) is 19.9 Å². The SMILES string of the molecule is CCCCCC/C=C/CCC(=O)OCC(COCCC(C(=O)O)[N+](C)(C)C)OC(=O)CCCCCCCCCCCCCCCCCCCCCCCCC. The third kappa shape index (κ3) is 37.4. The zero-order chi connectivity index (χ0) is 40.7. The number of hydrogen-bond acceptors (Lipinski definition) is 6. The Bertz CT molecular complexity index is 915. The van der Waals surface area contributed by atoms with E-state index in [9.17, 15) is 19.5 Å². The molecule has 0 heterocycles. The highest BCUT2D eigenvalue weighted by molar-refractivity contribution is 5.72. The van der Waals surface area contributed by atoms with E-state index in [1.54, 1.807) is 0 Å². The van der Waals surface area contributed by atoms with Crippen LogP contribution in [0.1, 0.15) is 219 Å². The first kappa shape index (κ1) is 53.1. The normalized spacial score (nSPS) is 13.0. The minimum atomic E-state index is -0.876. The van der Waals surface area contributed by atoms with E-state index in [1.807, 2.05) is 27.2 Å². The van der Waals surface area contributed by atoms with E-state index in [0.717, 1.165) is 25.7 Å². The Hall–Kier alpha value is -1.93. The highest BCUT2D eigenvalue weighted by atomic mass is 16.6. The van der Waals surface area contributed by atoms with Crippen molar-refractivity contribution in [2.45, 2.75) is 231 Å². The van der Waals surface area contributed by atoms with E-state index in [-0.39, 0.29) is 42.7 Å². The number of allylic oxidation sites excluding steroid dienone is 2. The second-order valence-corrected chi connectivity index (χ2v) is 17.0. The van der Waals surface area contributed by atoms with Gasteiger partial charge in [-0.05, 0) is 25.7 Å².